The minimum absolute atomic E-state index is 0.529. The summed E-state index contributed by atoms with van der Waals surface area (Å²) in [6.45, 7) is 2.20. The Kier molecular flexibility index (Phi) is 4.68. The molecule has 0 spiro atoms. The number of alkyl halides is 1. The van der Waals surface area contributed by atoms with E-state index in [1.165, 1.54) is 31.4 Å². The van der Waals surface area contributed by atoms with Gasteiger partial charge >= 0.3 is 0 Å². The first-order valence-corrected chi connectivity index (χ1v) is 7.67. The topological polar surface area (TPSA) is 12.5 Å². The van der Waals surface area contributed by atoms with Crippen molar-refractivity contribution in [3.05, 3.63) is 29.8 Å². The largest absolute Gasteiger partial charge is 0.497 e. The Bertz CT molecular complexity index is 367. The Morgan fingerprint density at radius 1 is 1.28 bits per heavy atom. The van der Waals surface area contributed by atoms with E-state index in [4.69, 9.17) is 4.74 Å². The molecule has 0 aromatic heterocycles. The molecule has 0 N–H and O–H groups in total. The molecule has 18 heavy (non-hydrogen) atoms. The molecule has 0 atom stereocenters. The molecule has 2 rings (SSSR count). The summed E-state index contributed by atoms with van der Waals surface area (Å²) in [5.41, 5.74) is 1.88. The third kappa shape index (κ3) is 3.27. The van der Waals surface area contributed by atoms with Crippen molar-refractivity contribution in [2.24, 2.45) is 5.41 Å². The minimum Gasteiger partial charge on any atom is -0.497 e. The van der Waals surface area contributed by atoms with Crippen LogP contribution < -0.4 is 4.74 Å². The van der Waals surface area contributed by atoms with Gasteiger partial charge in [-0.3, -0.25) is 0 Å². The van der Waals surface area contributed by atoms with E-state index in [1.807, 2.05) is 12.1 Å². The molecule has 1 aliphatic rings. The molecule has 1 aromatic rings. The van der Waals surface area contributed by atoms with E-state index in [9.17, 15) is 0 Å². The fourth-order valence-corrected chi connectivity index (χ4v) is 3.42. The quantitative estimate of drug-likeness (QED) is 0.743. The predicted molar refractivity (Wildman–Crippen MR) is 79.4 cm³/mol. The molecular formula is C15H22BrNO. The summed E-state index contributed by atoms with van der Waals surface area (Å²) in [5, 5.41) is 1.13. The van der Waals surface area contributed by atoms with Crippen LogP contribution >= 0.6 is 15.9 Å². The number of benzene rings is 1. The monoisotopic (exact) mass is 311 g/mol. The second-order valence-corrected chi connectivity index (χ2v) is 6.07. The lowest BCUT2D eigenvalue weighted by atomic mass is 9.70. The van der Waals surface area contributed by atoms with Gasteiger partial charge in [-0.1, -0.05) is 34.5 Å². The van der Waals surface area contributed by atoms with Crippen LogP contribution in [0.2, 0.25) is 0 Å². The Balaban J connectivity index is 1.88. The lowest BCUT2D eigenvalue weighted by molar-refractivity contribution is 0.102. The van der Waals surface area contributed by atoms with Crippen molar-refractivity contribution in [3.8, 4) is 5.75 Å². The van der Waals surface area contributed by atoms with E-state index in [0.717, 1.165) is 17.6 Å². The summed E-state index contributed by atoms with van der Waals surface area (Å²) in [5.74, 6) is 0.928. The molecule has 0 amide bonds. The predicted octanol–water partition coefficient (Wildman–Crippen LogP) is 3.69. The van der Waals surface area contributed by atoms with Crippen molar-refractivity contribution >= 4 is 15.9 Å². The summed E-state index contributed by atoms with van der Waals surface area (Å²) in [7, 11) is 3.92. The third-order valence-corrected chi connectivity index (χ3v) is 5.10. The van der Waals surface area contributed by atoms with Crippen LogP contribution in [0.5, 0.6) is 5.75 Å². The Labute approximate surface area is 118 Å². The van der Waals surface area contributed by atoms with Crippen molar-refractivity contribution in [1.29, 1.82) is 0 Å². The van der Waals surface area contributed by atoms with Gasteiger partial charge in [0.1, 0.15) is 5.75 Å². The van der Waals surface area contributed by atoms with Crippen molar-refractivity contribution in [2.45, 2.75) is 25.8 Å². The lowest BCUT2D eigenvalue weighted by Gasteiger charge is -2.43. The Hall–Kier alpha value is -0.540. The highest BCUT2D eigenvalue weighted by atomic mass is 79.9. The third-order valence-electron chi connectivity index (χ3n) is 3.91. The van der Waals surface area contributed by atoms with Gasteiger partial charge in [0.15, 0.2) is 0 Å². The molecule has 100 valence electrons. The fourth-order valence-electron chi connectivity index (χ4n) is 2.68. The molecule has 0 aliphatic heterocycles. The van der Waals surface area contributed by atoms with Crippen LogP contribution in [0.1, 0.15) is 24.8 Å². The summed E-state index contributed by atoms with van der Waals surface area (Å²) < 4.78 is 5.18. The van der Waals surface area contributed by atoms with Gasteiger partial charge in [0.25, 0.3) is 0 Å². The zero-order valence-corrected chi connectivity index (χ0v) is 12.9. The van der Waals surface area contributed by atoms with Crippen LogP contribution in [0, 0.1) is 5.41 Å². The second-order valence-electron chi connectivity index (χ2n) is 5.51. The van der Waals surface area contributed by atoms with Crippen LogP contribution in [0.3, 0.4) is 0 Å². The number of ether oxygens (including phenoxy) is 1. The molecule has 0 heterocycles. The number of halogens is 1. The maximum Gasteiger partial charge on any atom is 0.118 e. The molecule has 1 saturated carbocycles. The fraction of sp³-hybridized carbons (Fsp3) is 0.600. The van der Waals surface area contributed by atoms with E-state index >= 15 is 0 Å². The first-order chi connectivity index (χ1) is 8.67. The van der Waals surface area contributed by atoms with E-state index in [0.29, 0.717) is 5.41 Å². The van der Waals surface area contributed by atoms with E-state index in [2.05, 4.69) is 40.0 Å². The maximum atomic E-state index is 5.18. The van der Waals surface area contributed by atoms with E-state index in [1.54, 1.807) is 7.11 Å². The normalized spacial score (nSPS) is 17.6. The van der Waals surface area contributed by atoms with Gasteiger partial charge in [-0.05, 0) is 43.0 Å². The molecule has 3 heteroatoms. The lowest BCUT2D eigenvalue weighted by Crippen LogP contribution is -2.41. The maximum absolute atomic E-state index is 5.18. The molecule has 2 nitrogen and oxygen atoms in total. The molecular weight excluding hydrogens is 290 g/mol. The van der Waals surface area contributed by atoms with Crippen LogP contribution in [0.4, 0.5) is 0 Å². The van der Waals surface area contributed by atoms with E-state index < -0.39 is 0 Å². The van der Waals surface area contributed by atoms with Gasteiger partial charge in [0.05, 0.1) is 7.11 Å². The Morgan fingerprint density at radius 2 is 1.94 bits per heavy atom. The number of hydrogen-bond acceptors (Lipinski definition) is 2. The summed E-state index contributed by atoms with van der Waals surface area (Å²) in [6.07, 6.45) is 4.12. The summed E-state index contributed by atoms with van der Waals surface area (Å²) in [6, 6.07) is 8.37. The first-order valence-electron chi connectivity index (χ1n) is 6.55. The van der Waals surface area contributed by atoms with Crippen molar-refractivity contribution < 1.29 is 4.74 Å². The average molecular weight is 312 g/mol. The van der Waals surface area contributed by atoms with Crippen molar-refractivity contribution in [3.63, 3.8) is 0 Å². The SMILES string of the molecule is COc1ccc(CN(C)CC2(CBr)CCC2)cc1. The van der Waals surface area contributed by atoms with Gasteiger partial charge in [0.2, 0.25) is 0 Å². The van der Waals surface area contributed by atoms with E-state index in [-0.39, 0.29) is 0 Å². The first kappa shape index (κ1) is 13.9. The molecule has 1 aromatic carbocycles. The van der Waals surface area contributed by atoms with Crippen LogP contribution in [-0.2, 0) is 6.54 Å². The zero-order chi connectivity index (χ0) is 13.0. The molecule has 0 unspecified atom stereocenters. The standard InChI is InChI=1S/C15H22BrNO/c1-17(12-15(11-16)8-3-9-15)10-13-4-6-14(18-2)7-5-13/h4-7H,3,8-12H2,1-2H3. The minimum atomic E-state index is 0.529. The molecule has 1 fully saturated rings. The van der Waals surface area contributed by atoms with Gasteiger partial charge in [-0.2, -0.15) is 0 Å². The Morgan fingerprint density at radius 3 is 2.39 bits per heavy atom. The molecule has 0 saturated heterocycles. The number of rotatable bonds is 6. The number of hydrogen-bond donors (Lipinski definition) is 0. The van der Waals surface area contributed by atoms with Crippen molar-refractivity contribution in [2.75, 3.05) is 26.0 Å². The van der Waals surface area contributed by atoms with Gasteiger partial charge < -0.3 is 9.64 Å². The summed E-state index contributed by atoms with van der Waals surface area (Å²) >= 11 is 3.67. The molecule has 0 bridgehead atoms. The summed E-state index contributed by atoms with van der Waals surface area (Å²) in [4.78, 5) is 2.43. The smallest absolute Gasteiger partial charge is 0.118 e. The van der Waals surface area contributed by atoms with Gasteiger partial charge in [-0.25, -0.2) is 0 Å². The van der Waals surface area contributed by atoms with Crippen LogP contribution in [-0.4, -0.2) is 30.9 Å². The second kappa shape index (κ2) is 6.07. The van der Waals surface area contributed by atoms with Gasteiger partial charge in [-0.15, -0.1) is 0 Å². The average Bonchev–Trinajstić information content (AvgIpc) is 2.35. The highest BCUT2D eigenvalue weighted by Gasteiger charge is 2.36. The highest BCUT2D eigenvalue weighted by Crippen LogP contribution is 2.42. The number of nitrogens with zero attached hydrogens (tertiary/aromatic N) is 1. The van der Waals surface area contributed by atoms with Crippen LogP contribution in [0.25, 0.3) is 0 Å². The molecule has 1 aliphatic carbocycles. The van der Waals surface area contributed by atoms with Gasteiger partial charge in [0, 0.05) is 18.4 Å². The highest BCUT2D eigenvalue weighted by molar-refractivity contribution is 9.09. The zero-order valence-electron chi connectivity index (χ0n) is 11.3. The van der Waals surface area contributed by atoms with Crippen LogP contribution in [0.15, 0.2) is 24.3 Å². The molecule has 0 radical (unpaired) electrons. The van der Waals surface area contributed by atoms with Crippen molar-refractivity contribution in [1.82, 2.24) is 4.90 Å². The number of methoxy groups -OCH3 is 1.